The minimum atomic E-state index is -0.0571. The van der Waals surface area contributed by atoms with Gasteiger partial charge in [-0.25, -0.2) is 4.98 Å². The monoisotopic (exact) mass is 161 g/mol. The van der Waals surface area contributed by atoms with E-state index in [2.05, 4.69) is 4.98 Å². The smallest absolute Gasteiger partial charge is 0.140 e. The van der Waals surface area contributed by atoms with E-state index in [1.165, 1.54) is 0 Å². The Balaban J connectivity index is 2.95. The highest BCUT2D eigenvalue weighted by atomic mass is 14.8. The quantitative estimate of drug-likeness (QED) is 0.712. The largest absolute Gasteiger partial charge is 0.323 e. The van der Waals surface area contributed by atoms with E-state index in [-0.39, 0.29) is 6.04 Å². The van der Waals surface area contributed by atoms with E-state index in [9.17, 15) is 0 Å². The maximum absolute atomic E-state index is 8.56. The summed E-state index contributed by atoms with van der Waals surface area (Å²) in [6.07, 6.45) is 0.835. The highest BCUT2D eigenvalue weighted by Gasteiger charge is 2.04. The molecule has 0 unspecified atom stereocenters. The average Bonchev–Trinajstić information content (AvgIpc) is 2.17. The summed E-state index contributed by atoms with van der Waals surface area (Å²) in [5.41, 5.74) is 6.96. The first-order valence-electron chi connectivity index (χ1n) is 3.90. The SMILES string of the molecule is CC[C@@H](N)c1cccc(C#N)n1. The Morgan fingerprint density at radius 1 is 1.67 bits per heavy atom. The summed E-state index contributed by atoms with van der Waals surface area (Å²) < 4.78 is 0. The van der Waals surface area contributed by atoms with Crippen LogP contribution in [0.1, 0.15) is 30.8 Å². The molecule has 1 aromatic rings. The summed E-state index contributed by atoms with van der Waals surface area (Å²) in [7, 11) is 0. The van der Waals surface area contributed by atoms with E-state index in [0.717, 1.165) is 12.1 Å². The standard InChI is InChI=1S/C9H11N3/c1-2-8(11)9-5-3-4-7(6-10)12-9/h3-5,8H,2,11H2,1H3/t8-/m1/s1. The van der Waals surface area contributed by atoms with Gasteiger partial charge in [-0.15, -0.1) is 0 Å². The predicted molar refractivity (Wildman–Crippen MR) is 46.2 cm³/mol. The lowest BCUT2D eigenvalue weighted by atomic mass is 10.1. The summed E-state index contributed by atoms with van der Waals surface area (Å²) in [6.45, 7) is 1.99. The molecule has 1 rings (SSSR count). The Hall–Kier alpha value is -1.40. The Morgan fingerprint density at radius 3 is 3.00 bits per heavy atom. The summed E-state index contributed by atoms with van der Waals surface area (Å²) in [5.74, 6) is 0. The van der Waals surface area contributed by atoms with E-state index >= 15 is 0 Å². The molecule has 0 radical (unpaired) electrons. The molecule has 62 valence electrons. The number of pyridine rings is 1. The van der Waals surface area contributed by atoms with Crippen molar-refractivity contribution in [3.63, 3.8) is 0 Å². The van der Waals surface area contributed by atoms with Gasteiger partial charge in [0.15, 0.2) is 0 Å². The third-order valence-corrected chi connectivity index (χ3v) is 1.70. The van der Waals surface area contributed by atoms with Crippen molar-refractivity contribution in [1.82, 2.24) is 4.98 Å². The van der Waals surface area contributed by atoms with Crippen LogP contribution in [0.25, 0.3) is 0 Å². The van der Waals surface area contributed by atoms with E-state index in [0.29, 0.717) is 5.69 Å². The Labute approximate surface area is 71.8 Å². The average molecular weight is 161 g/mol. The molecule has 0 aliphatic heterocycles. The van der Waals surface area contributed by atoms with Crippen LogP contribution in [-0.4, -0.2) is 4.98 Å². The lowest BCUT2D eigenvalue weighted by Gasteiger charge is -2.06. The van der Waals surface area contributed by atoms with Crippen LogP contribution in [0, 0.1) is 11.3 Å². The van der Waals surface area contributed by atoms with Crippen LogP contribution in [0.2, 0.25) is 0 Å². The molecule has 0 aliphatic carbocycles. The van der Waals surface area contributed by atoms with Gasteiger partial charge in [-0.1, -0.05) is 13.0 Å². The van der Waals surface area contributed by atoms with Crippen LogP contribution < -0.4 is 5.73 Å². The fourth-order valence-electron chi connectivity index (χ4n) is 0.929. The molecular formula is C9H11N3. The number of aromatic nitrogens is 1. The zero-order valence-corrected chi connectivity index (χ0v) is 6.99. The highest BCUT2D eigenvalue weighted by Crippen LogP contribution is 2.10. The Morgan fingerprint density at radius 2 is 2.42 bits per heavy atom. The van der Waals surface area contributed by atoms with Gasteiger partial charge in [0.05, 0.1) is 5.69 Å². The van der Waals surface area contributed by atoms with Gasteiger partial charge in [0.2, 0.25) is 0 Å². The lowest BCUT2D eigenvalue weighted by Crippen LogP contribution is -2.10. The van der Waals surface area contributed by atoms with Crippen LogP contribution in [0.15, 0.2) is 18.2 Å². The maximum Gasteiger partial charge on any atom is 0.140 e. The number of hydrogen-bond donors (Lipinski definition) is 1. The first-order valence-corrected chi connectivity index (χ1v) is 3.90. The van der Waals surface area contributed by atoms with Gasteiger partial charge in [-0.05, 0) is 18.6 Å². The summed E-state index contributed by atoms with van der Waals surface area (Å²) in [5, 5.41) is 8.56. The molecule has 0 saturated heterocycles. The van der Waals surface area contributed by atoms with Crippen molar-refractivity contribution < 1.29 is 0 Å². The topological polar surface area (TPSA) is 62.7 Å². The molecule has 0 fully saturated rings. The molecular weight excluding hydrogens is 150 g/mol. The Kier molecular flexibility index (Phi) is 2.78. The van der Waals surface area contributed by atoms with Gasteiger partial charge in [-0.2, -0.15) is 5.26 Å². The minimum Gasteiger partial charge on any atom is -0.323 e. The van der Waals surface area contributed by atoms with E-state index in [1.54, 1.807) is 12.1 Å². The molecule has 0 aromatic carbocycles. The second kappa shape index (κ2) is 3.84. The number of nitriles is 1. The zero-order chi connectivity index (χ0) is 8.97. The normalized spacial score (nSPS) is 12.1. The molecule has 0 bridgehead atoms. The predicted octanol–water partition coefficient (Wildman–Crippen LogP) is 1.36. The molecule has 0 aliphatic rings. The zero-order valence-electron chi connectivity index (χ0n) is 6.99. The van der Waals surface area contributed by atoms with Crippen molar-refractivity contribution in [2.24, 2.45) is 5.73 Å². The lowest BCUT2D eigenvalue weighted by molar-refractivity contribution is 0.674. The van der Waals surface area contributed by atoms with Gasteiger partial charge in [0, 0.05) is 6.04 Å². The van der Waals surface area contributed by atoms with Gasteiger partial charge in [0.25, 0.3) is 0 Å². The van der Waals surface area contributed by atoms with Crippen LogP contribution >= 0.6 is 0 Å². The van der Waals surface area contributed by atoms with Crippen molar-refractivity contribution in [3.8, 4) is 6.07 Å². The van der Waals surface area contributed by atoms with Gasteiger partial charge in [0.1, 0.15) is 11.8 Å². The van der Waals surface area contributed by atoms with Gasteiger partial charge in [-0.3, -0.25) is 0 Å². The number of nitrogens with two attached hydrogens (primary N) is 1. The highest BCUT2D eigenvalue weighted by molar-refractivity contribution is 5.23. The molecule has 12 heavy (non-hydrogen) atoms. The fraction of sp³-hybridized carbons (Fsp3) is 0.333. The first-order chi connectivity index (χ1) is 5.77. The Bertz CT molecular complexity index is 301. The molecule has 1 atom stereocenters. The second-order valence-electron chi connectivity index (χ2n) is 2.57. The van der Waals surface area contributed by atoms with Crippen molar-refractivity contribution in [1.29, 1.82) is 5.26 Å². The van der Waals surface area contributed by atoms with Crippen LogP contribution in [0.4, 0.5) is 0 Å². The van der Waals surface area contributed by atoms with Crippen molar-refractivity contribution in [2.75, 3.05) is 0 Å². The van der Waals surface area contributed by atoms with Gasteiger partial charge < -0.3 is 5.73 Å². The molecule has 0 saturated carbocycles. The summed E-state index contributed by atoms with van der Waals surface area (Å²) in [6, 6.07) is 7.24. The third kappa shape index (κ3) is 1.80. The first kappa shape index (κ1) is 8.69. The van der Waals surface area contributed by atoms with Crippen molar-refractivity contribution in [2.45, 2.75) is 19.4 Å². The number of nitrogens with zero attached hydrogens (tertiary/aromatic N) is 2. The molecule has 1 heterocycles. The van der Waals surface area contributed by atoms with E-state index in [4.69, 9.17) is 11.0 Å². The number of hydrogen-bond acceptors (Lipinski definition) is 3. The number of rotatable bonds is 2. The van der Waals surface area contributed by atoms with Crippen molar-refractivity contribution in [3.05, 3.63) is 29.6 Å². The van der Waals surface area contributed by atoms with Crippen molar-refractivity contribution >= 4 is 0 Å². The van der Waals surface area contributed by atoms with E-state index in [1.807, 2.05) is 19.1 Å². The molecule has 3 nitrogen and oxygen atoms in total. The molecule has 0 amide bonds. The van der Waals surface area contributed by atoms with Crippen LogP contribution in [-0.2, 0) is 0 Å². The second-order valence-corrected chi connectivity index (χ2v) is 2.57. The van der Waals surface area contributed by atoms with Gasteiger partial charge >= 0.3 is 0 Å². The summed E-state index contributed by atoms with van der Waals surface area (Å²) >= 11 is 0. The van der Waals surface area contributed by atoms with E-state index < -0.39 is 0 Å². The third-order valence-electron chi connectivity index (χ3n) is 1.70. The molecule has 1 aromatic heterocycles. The van der Waals surface area contributed by atoms with Crippen LogP contribution in [0.3, 0.4) is 0 Å². The molecule has 3 heteroatoms. The fourth-order valence-corrected chi connectivity index (χ4v) is 0.929. The maximum atomic E-state index is 8.56. The molecule has 0 spiro atoms. The minimum absolute atomic E-state index is 0.0571. The molecule has 2 N–H and O–H groups in total. The summed E-state index contributed by atoms with van der Waals surface area (Å²) in [4.78, 5) is 4.08. The van der Waals surface area contributed by atoms with Crippen LogP contribution in [0.5, 0.6) is 0 Å².